The molecule has 0 fully saturated rings. The summed E-state index contributed by atoms with van der Waals surface area (Å²) in [6, 6.07) is 16.1. The molecule has 0 aromatic heterocycles. The lowest BCUT2D eigenvalue weighted by molar-refractivity contribution is 1.31. The van der Waals surface area contributed by atoms with Crippen molar-refractivity contribution >= 4 is 29.1 Å². The molecule has 0 unspecified atom stereocenters. The standard InChI is InChI=1S/C16H12ClNS/c1-11-10-19-15-9-5-3-7-13(15)16(18-11)12-6-2-4-8-14(12)17/h2-10H,1H3. The quantitative estimate of drug-likeness (QED) is 0.706. The average molecular weight is 286 g/mol. The van der Waals surface area contributed by atoms with Crippen molar-refractivity contribution < 1.29 is 0 Å². The van der Waals surface area contributed by atoms with E-state index in [-0.39, 0.29) is 0 Å². The lowest BCUT2D eigenvalue weighted by Crippen LogP contribution is -2.05. The lowest BCUT2D eigenvalue weighted by Gasteiger charge is -2.10. The summed E-state index contributed by atoms with van der Waals surface area (Å²) in [6.07, 6.45) is 0. The maximum absolute atomic E-state index is 6.32. The minimum atomic E-state index is 0.732. The molecule has 0 bridgehead atoms. The summed E-state index contributed by atoms with van der Waals surface area (Å²) in [5, 5.41) is 2.80. The molecule has 0 saturated heterocycles. The van der Waals surface area contributed by atoms with Gasteiger partial charge in [0.15, 0.2) is 0 Å². The van der Waals surface area contributed by atoms with Crippen molar-refractivity contribution in [2.75, 3.05) is 0 Å². The van der Waals surface area contributed by atoms with E-state index in [1.165, 1.54) is 4.90 Å². The Kier molecular flexibility index (Phi) is 3.45. The second-order valence-corrected chi connectivity index (χ2v) is 5.63. The molecule has 0 aliphatic carbocycles. The highest BCUT2D eigenvalue weighted by Crippen LogP contribution is 2.32. The Balaban J connectivity index is 2.25. The van der Waals surface area contributed by atoms with E-state index in [0.29, 0.717) is 0 Å². The van der Waals surface area contributed by atoms with Crippen LogP contribution in [0.5, 0.6) is 0 Å². The third-order valence-electron chi connectivity index (χ3n) is 2.92. The fourth-order valence-electron chi connectivity index (χ4n) is 2.04. The van der Waals surface area contributed by atoms with Crippen LogP contribution in [0.3, 0.4) is 0 Å². The Morgan fingerprint density at radius 3 is 2.42 bits per heavy atom. The fraction of sp³-hybridized carbons (Fsp3) is 0.0625. The van der Waals surface area contributed by atoms with E-state index in [1.807, 2.05) is 43.3 Å². The smallest absolute Gasteiger partial charge is 0.0804 e. The van der Waals surface area contributed by atoms with Gasteiger partial charge >= 0.3 is 0 Å². The molecule has 1 heterocycles. The zero-order valence-electron chi connectivity index (χ0n) is 10.4. The highest BCUT2D eigenvalue weighted by atomic mass is 35.5. The molecule has 0 amide bonds. The van der Waals surface area contributed by atoms with Gasteiger partial charge in [-0.1, -0.05) is 59.8 Å². The number of benzene rings is 2. The van der Waals surface area contributed by atoms with Crippen molar-refractivity contribution in [2.45, 2.75) is 11.8 Å². The number of halogens is 1. The summed E-state index contributed by atoms with van der Waals surface area (Å²) in [5.74, 6) is 0. The zero-order valence-corrected chi connectivity index (χ0v) is 12.0. The minimum absolute atomic E-state index is 0.732. The van der Waals surface area contributed by atoms with Gasteiger partial charge in [0.05, 0.1) is 5.71 Å². The highest BCUT2D eigenvalue weighted by molar-refractivity contribution is 8.02. The second kappa shape index (κ2) is 5.24. The maximum Gasteiger partial charge on any atom is 0.0804 e. The third-order valence-corrected chi connectivity index (χ3v) is 4.31. The molecule has 94 valence electrons. The molecule has 1 aliphatic rings. The van der Waals surface area contributed by atoms with Crippen molar-refractivity contribution in [3.05, 3.63) is 75.8 Å². The number of hydrogen-bond donors (Lipinski definition) is 0. The van der Waals surface area contributed by atoms with Crippen LogP contribution in [0.1, 0.15) is 18.1 Å². The van der Waals surface area contributed by atoms with E-state index >= 15 is 0 Å². The lowest BCUT2D eigenvalue weighted by atomic mass is 10.0. The van der Waals surface area contributed by atoms with Crippen LogP contribution >= 0.6 is 23.4 Å². The van der Waals surface area contributed by atoms with E-state index in [4.69, 9.17) is 16.6 Å². The first-order valence-electron chi connectivity index (χ1n) is 6.02. The number of fused-ring (bicyclic) bond motifs is 1. The van der Waals surface area contributed by atoms with Crippen molar-refractivity contribution in [1.82, 2.24) is 0 Å². The van der Waals surface area contributed by atoms with E-state index in [1.54, 1.807) is 11.8 Å². The van der Waals surface area contributed by atoms with Crippen LogP contribution in [0, 0.1) is 0 Å². The first-order chi connectivity index (χ1) is 9.25. The van der Waals surface area contributed by atoms with Crippen LogP contribution in [0.15, 0.2) is 69.5 Å². The largest absolute Gasteiger partial charge is 0.252 e. The predicted octanol–water partition coefficient (Wildman–Crippen LogP) is 5.14. The monoisotopic (exact) mass is 285 g/mol. The Morgan fingerprint density at radius 1 is 0.947 bits per heavy atom. The first-order valence-corrected chi connectivity index (χ1v) is 7.28. The van der Waals surface area contributed by atoms with Crippen LogP contribution in [0.4, 0.5) is 0 Å². The molecule has 1 nitrogen and oxygen atoms in total. The number of allylic oxidation sites excluding steroid dienone is 1. The molecule has 3 heteroatoms. The number of thioether (sulfide) groups is 1. The summed E-state index contributed by atoms with van der Waals surface area (Å²) in [6.45, 7) is 2.01. The van der Waals surface area contributed by atoms with Crippen molar-refractivity contribution in [1.29, 1.82) is 0 Å². The van der Waals surface area contributed by atoms with Gasteiger partial charge in [-0.2, -0.15) is 0 Å². The van der Waals surface area contributed by atoms with Gasteiger partial charge in [0, 0.05) is 26.7 Å². The molecule has 2 aromatic carbocycles. The zero-order chi connectivity index (χ0) is 13.2. The first kappa shape index (κ1) is 12.5. The van der Waals surface area contributed by atoms with Gasteiger partial charge in [0.25, 0.3) is 0 Å². The van der Waals surface area contributed by atoms with Gasteiger partial charge in [-0.25, -0.2) is 0 Å². The SMILES string of the molecule is CC1=CSc2ccccc2C(c2ccccc2Cl)=N1. The summed E-state index contributed by atoms with van der Waals surface area (Å²) < 4.78 is 0. The van der Waals surface area contributed by atoms with Crippen LogP contribution in [-0.2, 0) is 0 Å². The van der Waals surface area contributed by atoms with E-state index in [2.05, 4.69) is 17.5 Å². The van der Waals surface area contributed by atoms with Crippen LogP contribution in [0.2, 0.25) is 5.02 Å². The number of aliphatic imine (C=N–C) groups is 1. The molecule has 2 aromatic rings. The van der Waals surface area contributed by atoms with E-state index in [0.717, 1.165) is 27.6 Å². The summed E-state index contributed by atoms with van der Waals surface area (Å²) in [4.78, 5) is 5.93. The Morgan fingerprint density at radius 2 is 1.63 bits per heavy atom. The topological polar surface area (TPSA) is 12.4 Å². The van der Waals surface area contributed by atoms with E-state index in [9.17, 15) is 0 Å². The van der Waals surface area contributed by atoms with Gasteiger partial charge in [-0.3, -0.25) is 4.99 Å². The van der Waals surface area contributed by atoms with Gasteiger partial charge in [-0.15, -0.1) is 0 Å². The molecule has 0 spiro atoms. The van der Waals surface area contributed by atoms with E-state index < -0.39 is 0 Å². The fourth-order valence-corrected chi connectivity index (χ4v) is 3.06. The molecule has 3 rings (SSSR count). The van der Waals surface area contributed by atoms with Gasteiger partial charge in [0.1, 0.15) is 0 Å². The van der Waals surface area contributed by atoms with Crippen LogP contribution in [0.25, 0.3) is 0 Å². The number of nitrogens with zero attached hydrogens (tertiary/aromatic N) is 1. The van der Waals surface area contributed by atoms with Crippen molar-refractivity contribution in [3.8, 4) is 0 Å². The predicted molar refractivity (Wildman–Crippen MR) is 83.1 cm³/mol. The molecule has 0 saturated carbocycles. The summed E-state index contributed by atoms with van der Waals surface area (Å²) in [5.41, 5.74) is 4.05. The van der Waals surface area contributed by atoms with Crippen molar-refractivity contribution in [2.24, 2.45) is 4.99 Å². The van der Waals surface area contributed by atoms with Crippen LogP contribution < -0.4 is 0 Å². The Bertz CT molecular complexity index is 689. The Labute approximate surface area is 122 Å². The molecule has 19 heavy (non-hydrogen) atoms. The molecule has 0 N–H and O–H groups in total. The van der Waals surface area contributed by atoms with Gasteiger partial charge in [-0.05, 0) is 24.5 Å². The summed E-state index contributed by atoms with van der Waals surface area (Å²) >= 11 is 8.02. The number of rotatable bonds is 1. The molecule has 0 radical (unpaired) electrons. The Hall–Kier alpha value is -1.51. The minimum Gasteiger partial charge on any atom is -0.252 e. The molecule has 1 aliphatic heterocycles. The molecular weight excluding hydrogens is 274 g/mol. The molecular formula is C16H12ClNS. The molecule has 0 atom stereocenters. The van der Waals surface area contributed by atoms with Crippen molar-refractivity contribution in [3.63, 3.8) is 0 Å². The normalized spacial score (nSPS) is 14.2. The second-order valence-electron chi connectivity index (χ2n) is 4.31. The highest BCUT2D eigenvalue weighted by Gasteiger charge is 2.16. The maximum atomic E-state index is 6.32. The summed E-state index contributed by atoms with van der Waals surface area (Å²) in [7, 11) is 0. The third kappa shape index (κ3) is 2.46. The average Bonchev–Trinajstić information content (AvgIpc) is 2.59. The van der Waals surface area contributed by atoms with Crippen LogP contribution in [-0.4, -0.2) is 5.71 Å². The van der Waals surface area contributed by atoms with Gasteiger partial charge in [0.2, 0.25) is 0 Å². The van der Waals surface area contributed by atoms with Gasteiger partial charge < -0.3 is 0 Å². The number of hydrogen-bond acceptors (Lipinski definition) is 2.